The molecule has 15 heteroatoms. The molecule has 2 heterocycles. The third-order valence-electron chi connectivity index (χ3n) is 6.82. The van der Waals surface area contributed by atoms with Gasteiger partial charge < -0.3 is 35.6 Å². The number of anilines is 1. The number of fused-ring (bicyclic) bond motifs is 1. The molecule has 0 amide bonds. The molecule has 4 rings (SSSR count). The Morgan fingerprint density at radius 2 is 2.06 bits per heavy atom. The van der Waals surface area contributed by atoms with E-state index < -0.39 is 17.9 Å². The number of methoxy groups -OCH3 is 1. The Labute approximate surface area is 285 Å². The van der Waals surface area contributed by atoms with E-state index in [0.717, 1.165) is 21.6 Å². The molecule has 2 aromatic carbocycles. The van der Waals surface area contributed by atoms with E-state index >= 15 is 0 Å². The van der Waals surface area contributed by atoms with E-state index in [1.165, 1.54) is 41.6 Å². The van der Waals surface area contributed by atoms with Crippen LogP contribution in [0.1, 0.15) is 34.3 Å². The fraction of sp³-hybridized carbons (Fsp3) is 0.303. The van der Waals surface area contributed by atoms with Gasteiger partial charge in [-0.25, -0.2) is 24.1 Å². The molecule has 1 unspecified atom stereocenters. The lowest BCUT2D eigenvalue weighted by Gasteiger charge is -2.25. The van der Waals surface area contributed by atoms with Crippen molar-refractivity contribution in [3.8, 4) is 17.6 Å². The number of aliphatic hydroxyl groups is 1. The lowest BCUT2D eigenvalue weighted by atomic mass is 10.2. The fourth-order valence-electron chi connectivity index (χ4n) is 4.28. The van der Waals surface area contributed by atoms with Gasteiger partial charge in [-0.3, -0.25) is 5.41 Å². The van der Waals surface area contributed by atoms with E-state index in [1.54, 1.807) is 20.0 Å². The van der Waals surface area contributed by atoms with E-state index in [2.05, 4.69) is 32.1 Å². The normalized spacial score (nSPS) is 12.4. The highest BCUT2D eigenvalue weighted by Crippen LogP contribution is 2.30. The molecule has 0 bridgehead atoms. The quantitative estimate of drug-likeness (QED) is 0.0512. The number of rotatable bonds is 15. The van der Waals surface area contributed by atoms with Gasteiger partial charge in [0.25, 0.3) is 0 Å². The van der Waals surface area contributed by atoms with E-state index in [1.807, 2.05) is 24.3 Å². The predicted octanol–water partition coefficient (Wildman–Crippen LogP) is 4.60. The van der Waals surface area contributed by atoms with Crippen LogP contribution in [0, 0.1) is 23.1 Å². The first-order chi connectivity index (χ1) is 23.1. The van der Waals surface area contributed by atoms with Crippen molar-refractivity contribution in [1.29, 1.82) is 5.41 Å². The highest BCUT2D eigenvalue weighted by molar-refractivity contribution is 7.22. The minimum Gasteiger partial charge on any atom is -0.491 e. The number of amidine groups is 2. The Balaban J connectivity index is 1.50. The van der Waals surface area contributed by atoms with Gasteiger partial charge in [0.15, 0.2) is 22.4 Å². The van der Waals surface area contributed by atoms with Gasteiger partial charge in [0.05, 0.1) is 42.6 Å². The smallest absolute Gasteiger partial charge is 0.355 e. The van der Waals surface area contributed by atoms with Crippen LogP contribution < -0.4 is 20.7 Å². The summed E-state index contributed by atoms with van der Waals surface area (Å²) in [5.41, 5.74) is 7.90. The maximum atomic E-state index is 14.5. The average Bonchev–Trinajstić information content (AvgIpc) is 3.68. The third kappa shape index (κ3) is 9.66. The number of aromatic carboxylic acids is 1. The lowest BCUT2D eigenvalue weighted by Crippen LogP contribution is -2.39. The monoisotopic (exact) mass is 693 g/mol. The molecule has 0 aliphatic heterocycles. The molecular formula is C33H36FN7O5S2. The summed E-state index contributed by atoms with van der Waals surface area (Å²) in [6.45, 7) is 1.97. The van der Waals surface area contributed by atoms with Gasteiger partial charge in [-0.05, 0) is 68.8 Å². The zero-order chi connectivity index (χ0) is 34.6. The minimum absolute atomic E-state index is 0.00819. The Morgan fingerprint density at radius 1 is 1.27 bits per heavy atom. The first-order valence-electron chi connectivity index (χ1n) is 14.8. The summed E-state index contributed by atoms with van der Waals surface area (Å²) >= 11 is 2.48. The maximum Gasteiger partial charge on any atom is 0.355 e. The number of hydrogen-bond acceptors (Lipinski definition) is 11. The van der Waals surface area contributed by atoms with Crippen LogP contribution in [0.25, 0.3) is 10.2 Å². The molecule has 0 radical (unpaired) electrons. The highest BCUT2D eigenvalue weighted by Gasteiger charge is 2.25. The number of ether oxygens (including phenoxy) is 2. The Morgan fingerprint density at radius 3 is 2.75 bits per heavy atom. The Bertz CT molecular complexity index is 1840. The number of halogens is 1. The van der Waals surface area contributed by atoms with Crippen LogP contribution in [0.3, 0.4) is 0 Å². The van der Waals surface area contributed by atoms with Crippen molar-refractivity contribution in [1.82, 2.24) is 15.3 Å². The van der Waals surface area contributed by atoms with Gasteiger partial charge in [-0.2, -0.15) is 0 Å². The Kier molecular flexibility index (Phi) is 13.1. The molecule has 0 fully saturated rings. The van der Waals surface area contributed by atoms with Crippen molar-refractivity contribution in [3.05, 3.63) is 76.1 Å². The third-order valence-corrected chi connectivity index (χ3v) is 8.89. The van der Waals surface area contributed by atoms with Crippen molar-refractivity contribution in [2.24, 2.45) is 10.7 Å². The van der Waals surface area contributed by atoms with E-state index in [4.69, 9.17) is 20.6 Å². The SMILES string of the molecule is CNCC#Cc1ccc(OCCCc2sc(N(CC(CO)OC)C(=N)/C=C(/C)C(N)=Nc3nc4ccccc4s3)nc2C(=O)O)c(F)c1. The molecule has 0 spiro atoms. The molecule has 48 heavy (non-hydrogen) atoms. The number of benzene rings is 2. The second-order valence-electron chi connectivity index (χ2n) is 10.3. The summed E-state index contributed by atoms with van der Waals surface area (Å²) in [5.74, 6) is 4.11. The number of carboxylic acids is 1. The number of hydrogen-bond donors (Lipinski definition) is 5. The van der Waals surface area contributed by atoms with E-state index in [9.17, 15) is 19.4 Å². The lowest BCUT2D eigenvalue weighted by molar-refractivity contribution is 0.0556. The molecule has 1 atom stereocenters. The fourth-order valence-corrected chi connectivity index (χ4v) is 6.25. The van der Waals surface area contributed by atoms with Crippen LogP contribution in [-0.4, -0.2) is 84.4 Å². The second kappa shape index (κ2) is 17.4. The van der Waals surface area contributed by atoms with Gasteiger partial charge in [0.1, 0.15) is 11.7 Å². The van der Waals surface area contributed by atoms with Gasteiger partial charge in [-0.15, -0.1) is 11.3 Å². The van der Waals surface area contributed by atoms with Crippen LogP contribution in [-0.2, 0) is 11.2 Å². The molecule has 252 valence electrons. The number of carbonyl (C=O) groups is 1. The van der Waals surface area contributed by atoms with Gasteiger partial charge in [0, 0.05) is 17.6 Å². The summed E-state index contributed by atoms with van der Waals surface area (Å²) < 4.78 is 26.5. The number of nitrogens with two attached hydrogens (primary N) is 1. The largest absolute Gasteiger partial charge is 0.491 e. The zero-order valence-electron chi connectivity index (χ0n) is 26.6. The summed E-state index contributed by atoms with van der Waals surface area (Å²) in [4.78, 5) is 27.3. The van der Waals surface area contributed by atoms with Gasteiger partial charge in [0.2, 0.25) is 5.13 Å². The summed E-state index contributed by atoms with van der Waals surface area (Å²) in [6.07, 6.45) is 1.44. The van der Waals surface area contributed by atoms with Crippen molar-refractivity contribution in [2.75, 3.05) is 45.4 Å². The molecule has 2 aromatic heterocycles. The molecule has 12 nitrogen and oxygen atoms in total. The maximum absolute atomic E-state index is 14.5. The van der Waals surface area contributed by atoms with E-state index in [-0.39, 0.29) is 54.4 Å². The first kappa shape index (κ1) is 36.1. The predicted molar refractivity (Wildman–Crippen MR) is 188 cm³/mol. The van der Waals surface area contributed by atoms with Crippen LogP contribution in [0.2, 0.25) is 0 Å². The van der Waals surface area contributed by atoms with Crippen LogP contribution >= 0.6 is 22.7 Å². The van der Waals surface area contributed by atoms with Gasteiger partial charge >= 0.3 is 5.97 Å². The van der Waals surface area contributed by atoms with E-state index in [0.29, 0.717) is 34.1 Å². The van der Waals surface area contributed by atoms with Crippen molar-refractivity contribution in [3.63, 3.8) is 0 Å². The Hall–Kier alpha value is -4.72. The van der Waals surface area contributed by atoms with Crippen LogP contribution in [0.5, 0.6) is 5.75 Å². The van der Waals surface area contributed by atoms with Crippen molar-refractivity contribution < 1.29 is 28.9 Å². The number of para-hydroxylation sites is 1. The van der Waals surface area contributed by atoms with Gasteiger partial charge in [-0.1, -0.05) is 35.3 Å². The van der Waals surface area contributed by atoms with Crippen molar-refractivity contribution >= 4 is 60.8 Å². The average molecular weight is 694 g/mol. The molecule has 0 saturated heterocycles. The van der Waals surface area contributed by atoms with Crippen LogP contribution in [0.15, 0.2) is 59.1 Å². The second-order valence-corrected chi connectivity index (χ2v) is 12.4. The topological polar surface area (TPSA) is 179 Å². The summed E-state index contributed by atoms with van der Waals surface area (Å²) in [5, 5.41) is 32.2. The highest BCUT2D eigenvalue weighted by atomic mass is 32.1. The standard InChI is InChI=1S/C33H36FN7O5S2/c1-20(30(36)40-32-38-24-9-4-5-10-26(24)47-32)16-28(35)41(18-22(19-42)45-3)33-39-29(31(43)44)27(48-33)11-7-15-46-25-13-12-21(17-23(25)34)8-6-14-37-2/h4-5,9-10,12-13,16-17,22,35,37,42H,7,11,14-15,18-19H2,1-3H3,(H,43,44)(H2,36,38,40)/b20-16-,35-28?. The first-order valence-corrected chi connectivity index (χ1v) is 16.4. The number of nitrogens with one attached hydrogen (secondary N) is 2. The molecule has 0 aliphatic rings. The number of aliphatic hydroxyl groups excluding tert-OH is 1. The number of nitrogens with zero attached hydrogens (tertiary/aromatic N) is 4. The summed E-state index contributed by atoms with van der Waals surface area (Å²) in [6, 6.07) is 12.1. The number of aryl methyl sites for hydroxylation is 1. The van der Waals surface area contributed by atoms with Crippen LogP contribution in [0.4, 0.5) is 14.7 Å². The molecule has 4 aromatic rings. The number of aliphatic imine (C=N–C) groups is 1. The van der Waals surface area contributed by atoms with Crippen molar-refractivity contribution in [2.45, 2.75) is 25.9 Å². The number of thiazole rings is 2. The molecule has 0 aliphatic carbocycles. The molecular weight excluding hydrogens is 658 g/mol. The molecule has 0 saturated carbocycles. The molecule has 6 N–H and O–H groups in total. The zero-order valence-corrected chi connectivity index (χ0v) is 28.3. The number of carboxylic acid groups (broad SMARTS) is 1. The number of aromatic nitrogens is 2. The summed E-state index contributed by atoms with van der Waals surface area (Å²) in [7, 11) is 3.20. The minimum atomic E-state index is -1.23.